The maximum absolute atomic E-state index is 11.8. The van der Waals surface area contributed by atoms with Gasteiger partial charge in [-0.2, -0.15) is 5.26 Å². The van der Waals surface area contributed by atoms with E-state index in [-0.39, 0.29) is 5.91 Å². The van der Waals surface area contributed by atoms with E-state index < -0.39 is 0 Å². The van der Waals surface area contributed by atoms with Gasteiger partial charge in [0.05, 0.1) is 5.56 Å². The largest absolute Gasteiger partial charge is 0.347 e. The van der Waals surface area contributed by atoms with Crippen LogP contribution in [-0.4, -0.2) is 15.9 Å². The molecule has 5 heteroatoms. The molecule has 1 amide bonds. The van der Waals surface area contributed by atoms with Crippen LogP contribution in [0.2, 0.25) is 0 Å². The van der Waals surface area contributed by atoms with Crippen LogP contribution in [0.3, 0.4) is 0 Å². The first-order chi connectivity index (χ1) is 9.19. The molecule has 0 radical (unpaired) electrons. The van der Waals surface area contributed by atoms with Gasteiger partial charge < -0.3 is 5.32 Å². The van der Waals surface area contributed by atoms with Gasteiger partial charge in [0.1, 0.15) is 11.8 Å². The molecule has 0 aliphatic carbocycles. The first-order valence-electron chi connectivity index (χ1n) is 5.75. The molecular formula is C14H12N4O. The summed E-state index contributed by atoms with van der Waals surface area (Å²) in [6.45, 7) is 2.30. The summed E-state index contributed by atoms with van der Waals surface area (Å²) in [4.78, 5) is 19.9. The van der Waals surface area contributed by atoms with Gasteiger partial charge in [-0.05, 0) is 30.7 Å². The summed E-state index contributed by atoms with van der Waals surface area (Å²) >= 11 is 0. The Balaban J connectivity index is 1.97. The Bertz CT molecular complexity index is 611. The average molecular weight is 252 g/mol. The summed E-state index contributed by atoms with van der Waals surface area (Å²) in [6, 6.07) is 8.85. The second kappa shape index (κ2) is 5.74. The monoisotopic (exact) mass is 252 g/mol. The number of pyridine rings is 2. The number of carbonyl (C=O) groups is 1. The van der Waals surface area contributed by atoms with Crippen LogP contribution in [0, 0.1) is 18.3 Å². The van der Waals surface area contributed by atoms with Crippen molar-refractivity contribution in [3.8, 4) is 6.07 Å². The normalized spacial score (nSPS) is 9.68. The van der Waals surface area contributed by atoms with Crippen molar-refractivity contribution in [2.24, 2.45) is 0 Å². The van der Waals surface area contributed by atoms with Crippen LogP contribution < -0.4 is 5.32 Å². The molecule has 0 aromatic carbocycles. The van der Waals surface area contributed by atoms with Crippen LogP contribution in [0.25, 0.3) is 0 Å². The minimum Gasteiger partial charge on any atom is -0.347 e. The quantitative estimate of drug-likeness (QED) is 0.899. The molecule has 0 saturated heterocycles. The van der Waals surface area contributed by atoms with Crippen molar-refractivity contribution in [2.45, 2.75) is 13.5 Å². The summed E-state index contributed by atoms with van der Waals surface area (Å²) < 4.78 is 0. The zero-order chi connectivity index (χ0) is 13.7. The Kier molecular flexibility index (Phi) is 3.84. The lowest BCUT2D eigenvalue weighted by molar-refractivity contribution is 0.0946. The second-order valence-corrected chi connectivity index (χ2v) is 4.03. The molecule has 2 aromatic rings. The van der Waals surface area contributed by atoms with Crippen LogP contribution in [0.4, 0.5) is 0 Å². The fourth-order valence-electron chi connectivity index (χ4n) is 1.47. The molecule has 2 heterocycles. The minimum atomic E-state index is -0.273. The molecule has 5 nitrogen and oxygen atoms in total. The van der Waals surface area contributed by atoms with Crippen molar-refractivity contribution in [1.82, 2.24) is 15.3 Å². The van der Waals surface area contributed by atoms with Gasteiger partial charge in [-0.25, -0.2) is 4.98 Å². The Labute approximate surface area is 110 Å². The Hall–Kier alpha value is -2.74. The fraction of sp³-hybridized carbons (Fsp3) is 0.143. The van der Waals surface area contributed by atoms with E-state index in [0.29, 0.717) is 17.8 Å². The number of nitriles is 1. The summed E-state index contributed by atoms with van der Waals surface area (Å²) in [5.41, 5.74) is 2.58. The average Bonchev–Trinajstić information content (AvgIpc) is 2.46. The highest BCUT2D eigenvalue weighted by Gasteiger charge is 2.06. The molecule has 2 rings (SSSR count). The number of hydrogen-bond acceptors (Lipinski definition) is 4. The van der Waals surface area contributed by atoms with Crippen LogP contribution in [-0.2, 0) is 6.54 Å². The topological polar surface area (TPSA) is 78.7 Å². The third-order valence-corrected chi connectivity index (χ3v) is 2.55. The molecule has 0 saturated carbocycles. The van der Waals surface area contributed by atoms with Gasteiger partial charge in [0.15, 0.2) is 0 Å². The van der Waals surface area contributed by atoms with Crippen LogP contribution in [0.5, 0.6) is 0 Å². The molecule has 2 aromatic heterocycles. The molecule has 0 aliphatic heterocycles. The fourth-order valence-corrected chi connectivity index (χ4v) is 1.47. The van der Waals surface area contributed by atoms with Crippen molar-refractivity contribution in [1.29, 1.82) is 5.26 Å². The molecule has 19 heavy (non-hydrogen) atoms. The van der Waals surface area contributed by atoms with E-state index in [1.165, 1.54) is 12.3 Å². The highest BCUT2D eigenvalue weighted by Crippen LogP contribution is 2.01. The lowest BCUT2D eigenvalue weighted by Crippen LogP contribution is -2.23. The molecule has 1 N–H and O–H groups in total. The number of rotatable bonds is 3. The number of aryl methyl sites for hydroxylation is 1. The van der Waals surface area contributed by atoms with E-state index in [4.69, 9.17) is 5.26 Å². The summed E-state index contributed by atoms with van der Waals surface area (Å²) in [5.74, 6) is -0.273. The molecule has 0 bridgehead atoms. The first kappa shape index (κ1) is 12.7. The van der Waals surface area contributed by atoms with Crippen molar-refractivity contribution in [2.75, 3.05) is 0 Å². The van der Waals surface area contributed by atoms with E-state index in [1.807, 2.05) is 25.1 Å². The summed E-state index contributed by atoms with van der Waals surface area (Å²) in [7, 11) is 0. The zero-order valence-electron chi connectivity index (χ0n) is 10.4. The van der Waals surface area contributed by atoms with Gasteiger partial charge in [0, 0.05) is 24.6 Å². The van der Waals surface area contributed by atoms with Gasteiger partial charge in [-0.1, -0.05) is 6.07 Å². The molecule has 0 unspecified atom stereocenters. The second-order valence-electron chi connectivity index (χ2n) is 4.03. The number of nitrogens with one attached hydrogen (secondary N) is 1. The molecule has 94 valence electrons. The number of aromatic nitrogens is 2. The third-order valence-electron chi connectivity index (χ3n) is 2.55. The van der Waals surface area contributed by atoms with E-state index in [2.05, 4.69) is 15.3 Å². The Morgan fingerprint density at radius 3 is 2.68 bits per heavy atom. The minimum absolute atomic E-state index is 0.273. The first-order valence-corrected chi connectivity index (χ1v) is 5.75. The lowest BCUT2D eigenvalue weighted by Gasteiger charge is -2.04. The number of nitrogens with zero attached hydrogens (tertiary/aromatic N) is 3. The van der Waals surface area contributed by atoms with E-state index >= 15 is 0 Å². The van der Waals surface area contributed by atoms with Crippen molar-refractivity contribution in [3.05, 3.63) is 59.2 Å². The maximum atomic E-state index is 11.8. The van der Waals surface area contributed by atoms with Gasteiger partial charge >= 0.3 is 0 Å². The van der Waals surface area contributed by atoms with Gasteiger partial charge in [0.25, 0.3) is 5.91 Å². The van der Waals surface area contributed by atoms with E-state index in [9.17, 15) is 4.79 Å². The van der Waals surface area contributed by atoms with E-state index in [1.54, 1.807) is 12.3 Å². The molecular weight excluding hydrogens is 240 g/mol. The number of hydrogen-bond donors (Lipinski definition) is 1. The standard InChI is InChI=1S/C14H12N4O/c1-10-2-3-12(8-16-10)9-18-14(19)13-5-4-11(6-15)7-17-13/h2-5,7-8H,9H2,1H3,(H,18,19). The summed E-state index contributed by atoms with van der Waals surface area (Å²) in [6.07, 6.45) is 3.10. The highest BCUT2D eigenvalue weighted by molar-refractivity contribution is 5.92. The SMILES string of the molecule is Cc1ccc(CNC(=O)c2ccc(C#N)cn2)cn1. The Morgan fingerprint density at radius 1 is 1.26 bits per heavy atom. The van der Waals surface area contributed by atoms with E-state index in [0.717, 1.165) is 11.3 Å². The van der Waals surface area contributed by atoms with Crippen molar-refractivity contribution in [3.63, 3.8) is 0 Å². The van der Waals surface area contributed by atoms with Gasteiger partial charge in [0.2, 0.25) is 0 Å². The third kappa shape index (κ3) is 3.36. The molecule has 0 atom stereocenters. The molecule has 0 spiro atoms. The predicted octanol–water partition coefficient (Wildman–Crippen LogP) is 1.59. The van der Waals surface area contributed by atoms with Crippen LogP contribution in [0.15, 0.2) is 36.7 Å². The van der Waals surface area contributed by atoms with Crippen LogP contribution >= 0.6 is 0 Å². The summed E-state index contributed by atoms with van der Waals surface area (Å²) in [5, 5.41) is 11.4. The Morgan fingerprint density at radius 2 is 2.11 bits per heavy atom. The molecule has 0 fully saturated rings. The maximum Gasteiger partial charge on any atom is 0.270 e. The van der Waals surface area contributed by atoms with Crippen molar-refractivity contribution < 1.29 is 4.79 Å². The highest BCUT2D eigenvalue weighted by atomic mass is 16.1. The molecule has 0 aliphatic rings. The van der Waals surface area contributed by atoms with Gasteiger partial charge in [-0.3, -0.25) is 9.78 Å². The zero-order valence-corrected chi connectivity index (χ0v) is 10.4. The predicted molar refractivity (Wildman–Crippen MR) is 69.1 cm³/mol. The number of carbonyl (C=O) groups excluding carboxylic acids is 1. The number of amides is 1. The lowest BCUT2D eigenvalue weighted by atomic mass is 10.2. The van der Waals surface area contributed by atoms with Crippen LogP contribution in [0.1, 0.15) is 27.3 Å². The van der Waals surface area contributed by atoms with Gasteiger partial charge in [-0.15, -0.1) is 0 Å². The smallest absolute Gasteiger partial charge is 0.270 e. The van der Waals surface area contributed by atoms with Crippen molar-refractivity contribution >= 4 is 5.91 Å².